The van der Waals surface area contributed by atoms with Crippen molar-refractivity contribution in [2.24, 2.45) is 5.73 Å². The standard InChI is InChI=1S/C7H11N3O/c8-2-1-6-5-9-10-3-4-11-7(6)10/h5H,1-4,8H2. The fourth-order valence-corrected chi connectivity index (χ4v) is 1.30. The van der Waals surface area contributed by atoms with Crippen LogP contribution in [0.2, 0.25) is 0 Å². The molecule has 60 valence electrons. The summed E-state index contributed by atoms with van der Waals surface area (Å²) in [4.78, 5) is 0. The summed E-state index contributed by atoms with van der Waals surface area (Å²) >= 11 is 0. The Balaban J connectivity index is 2.27. The third kappa shape index (κ3) is 0.991. The molecule has 0 amide bonds. The molecular weight excluding hydrogens is 142 g/mol. The molecule has 0 saturated heterocycles. The molecule has 1 aromatic heterocycles. The van der Waals surface area contributed by atoms with Gasteiger partial charge in [-0.25, -0.2) is 4.68 Å². The van der Waals surface area contributed by atoms with Gasteiger partial charge in [0.15, 0.2) is 0 Å². The molecule has 4 nitrogen and oxygen atoms in total. The molecule has 1 aromatic rings. The molecule has 0 aromatic carbocycles. The van der Waals surface area contributed by atoms with Crippen molar-refractivity contribution in [3.8, 4) is 5.88 Å². The molecule has 0 atom stereocenters. The summed E-state index contributed by atoms with van der Waals surface area (Å²) in [6, 6.07) is 0. The second kappa shape index (κ2) is 2.54. The molecule has 0 radical (unpaired) electrons. The molecule has 0 spiro atoms. The Labute approximate surface area is 64.9 Å². The van der Waals surface area contributed by atoms with E-state index in [2.05, 4.69) is 5.10 Å². The lowest BCUT2D eigenvalue weighted by atomic mass is 10.2. The van der Waals surface area contributed by atoms with Crippen LogP contribution in [-0.2, 0) is 13.0 Å². The Kier molecular flexibility index (Phi) is 1.54. The molecule has 0 unspecified atom stereocenters. The monoisotopic (exact) mass is 153 g/mol. The molecule has 0 fully saturated rings. The van der Waals surface area contributed by atoms with Crippen LogP contribution in [0.25, 0.3) is 0 Å². The maximum atomic E-state index is 5.42. The predicted molar refractivity (Wildman–Crippen MR) is 40.5 cm³/mol. The second-order valence-electron chi connectivity index (χ2n) is 2.59. The summed E-state index contributed by atoms with van der Waals surface area (Å²) in [6.07, 6.45) is 2.69. The van der Waals surface area contributed by atoms with E-state index in [-0.39, 0.29) is 0 Å². The zero-order chi connectivity index (χ0) is 7.68. The zero-order valence-electron chi connectivity index (χ0n) is 6.29. The van der Waals surface area contributed by atoms with Crippen molar-refractivity contribution < 1.29 is 4.74 Å². The molecule has 1 aliphatic rings. The Hall–Kier alpha value is -1.03. The number of ether oxygens (including phenoxy) is 1. The molecule has 2 heterocycles. The van der Waals surface area contributed by atoms with Crippen molar-refractivity contribution in [1.29, 1.82) is 0 Å². The van der Waals surface area contributed by atoms with Gasteiger partial charge in [0.1, 0.15) is 6.61 Å². The molecule has 11 heavy (non-hydrogen) atoms. The minimum atomic E-state index is 0.655. The van der Waals surface area contributed by atoms with Crippen molar-refractivity contribution in [1.82, 2.24) is 9.78 Å². The lowest BCUT2D eigenvalue weighted by molar-refractivity contribution is 0.353. The fourth-order valence-electron chi connectivity index (χ4n) is 1.30. The summed E-state index contributed by atoms with van der Waals surface area (Å²) in [5.74, 6) is 0.912. The topological polar surface area (TPSA) is 53.1 Å². The average Bonchev–Trinajstić information content (AvgIpc) is 2.53. The molecule has 1 aliphatic heterocycles. The fraction of sp³-hybridized carbons (Fsp3) is 0.571. The molecule has 0 saturated carbocycles. The van der Waals surface area contributed by atoms with E-state index in [1.807, 2.05) is 10.9 Å². The van der Waals surface area contributed by atoms with Gasteiger partial charge in [0.2, 0.25) is 5.88 Å². The van der Waals surface area contributed by atoms with E-state index < -0.39 is 0 Å². The Morgan fingerprint density at radius 3 is 3.45 bits per heavy atom. The first kappa shape index (κ1) is 6.67. The van der Waals surface area contributed by atoms with E-state index in [9.17, 15) is 0 Å². The van der Waals surface area contributed by atoms with Crippen LogP contribution in [0.4, 0.5) is 0 Å². The van der Waals surface area contributed by atoms with Crippen LogP contribution < -0.4 is 10.5 Å². The largest absolute Gasteiger partial charge is 0.476 e. The highest BCUT2D eigenvalue weighted by molar-refractivity contribution is 5.26. The van der Waals surface area contributed by atoms with E-state index in [4.69, 9.17) is 10.5 Å². The predicted octanol–water partition coefficient (Wildman–Crippen LogP) is -0.223. The van der Waals surface area contributed by atoms with Gasteiger partial charge in [0.25, 0.3) is 0 Å². The maximum absolute atomic E-state index is 5.42. The normalized spacial score (nSPS) is 14.6. The molecular formula is C7H11N3O. The number of hydrogen-bond donors (Lipinski definition) is 1. The van der Waals surface area contributed by atoms with Gasteiger partial charge < -0.3 is 10.5 Å². The zero-order valence-corrected chi connectivity index (χ0v) is 6.29. The van der Waals surface area contributed by atoms with Crippen LogP contribution in [0, 0.1) is 0 Å². The number of nitrogens with zero attached hydrogens (tertiary/aromatic N) is 2. The Bertz CT molecular complexity index is 256. The summed E-state index contributed by atoms with van der Waals surface area (Å²) in [5.41, 5.74) is 6.55. The van der Waals surface area contributed by atoms with E-state index >= 15 is 0 Å². The third-order valence-electron chi connectivity index (χ3n) is 1.82. The van der Waals surface area contributed by atoms with Crippen LogP contribution in [0.5, 0.6) is 5.88 Å². The Morgan fingerprint density at radius 1 is 1.73 bits per heavy atom. The number of nitrogens with two attached hydrogens (primary N) is 1. The smallest absolute Gasteiger partial charge is 0.215 e. The maximum Gasteiger partial charge on any atom is 0.215 e. The van der Waals surface area contributed by atoms with Crippen LogP contribution in [0.15, 0.2) is 6.20 Å². The summed E-state index contributed by atoms with van der Waals surface area (Å²) < 4.78 is 7.25. The third-order valence-corrected chi connectivity index (χ3v) is 1.82. The number of aromatic nitrogens is 2. The number of fused-ring (bicyclic) bond motifs is 1. The number of rotatable bonds is 2. The van der Waals surface area contributed by atoms with Gasteiger partial charge in [-0.3, -0.25) is 0 Å². The first-order valence-corrected chi connectivity index (χ1v) is 3.79. The van der Waals surface area contributed by atoms with E-state index in [0.717, 1.165) is 31.0 Å². The van der Waals surface area contributed by atoms with Gasteiger partial charge in [0.05, 0.1) is 12.7 Å². The van der Waals surface area contributed by atoms with Crippen molar-refractivity contribution in [3.05, 3.63) is 11.8 Å². The highest BCUT2D eigenvalue weighted by atomic mass is 16.5. The van der Waals surface area contributed by atoms with Crippen LogP contribution >= 0.6 is 0 Å². The summed E-state index contributed by atoms with van der Waals surface area (Å²) in [7, 11) is 0. The van der Waals surface area contributed by atoms with Gasteiger partial charge in [-0.15, -0.1) is 0 Å². The van der Waals surface area contributed by atoms with Gasteiger partial charge in [-0.05, 0) is 13.0 Å². The highest BCUT2D eigenvalue weighted by Crippen LogP contribution is 2.22. The van der Waals surface area contributed by atoms with Gasteiger partial charge in [0, 0.05) is 5.56 Å². The summed E-state index contributed by atoms with van der Waals surface area (Å²) in [5, 5.41) is 4.15. The molecule has 0 bridgehead atoms. The molecule has 0 aliphatic carbocycles. The quantitative estimate of drug-likeness (QED) is 0.639. The van der Waals surface area contributed by atoms with Crippen LogP contribution in [-0.4, -0.2) is 22.9 Å². The SMILES string of the molecule is NCCc1cnn2c1OCC2. The molecule has 4 heteroatoms. The molecule has 2 N–H and O–H groups in total. The lowest BCUT2D eigenvalue weighted by Gasteiger charge is -1.96. The number of hydrogen-bond acceptors (Lipinski definition) is 3. The van der Waals surface area contributed by atoms with Crippen molar-refractivity contribution in [2.45, 2.75) is 13.0 Å². The van der Waals surface area contributed by atoms with Crippen LogP contribution in [0.1, 0.15) is 5.56 Å². The van der Waals surface area contributed by atoms with E-state index in [1.165, 1.54) is 0 Å². The first-order chi connectivity index (χ1) is 5.42. The second-order valence-corrected chi connectivity index (χ2v) is 2.59. The minimum absolute atomic E-state index is 0.655. The van der Waals surface area contributed by atoms with E-state index in [1.54, 1.807) is 0 Å². The molecule has 2 rings (SSSR count). The Morgan fingerprint density at radius 2 is 2.64 bits per heavy atom. The summed E-state index contributed by atoms with van der Waals surface area (Å²) in [6.45, 7) is 2.28. The van der Waals surface area contributed by atoms with Crippen molar-refractivity contribution in [2.75, 3.05) is 13.2 Å². The van der Waals surface area contributed by atoms with Crippen LogP contribution in [0.3, 0.4) is 0 Å². The minimum Gasteiger partial charge on any atom is -0.476 e. The van der Waals surface area contributed by atoms with Gasteiger partial charge in [-0.2, -0.15) is 5.10 Å². The highest BCUT2D eigenvalue weighted by Gasteiger charge is 2.16. The average molecular weight is 153 g/mol. The van der Waals surface area contributed by atoms with Gasteiger partial charge >= 0.3 is 0 Å². The van der Waals surface area contributed by atoms with Crippen molar-refractivity contribution in [3.63, 3.8) is 0 Å². The van der Waals surface area contributed by atoms with Gasteiger partial charge in [-0.1, -0.05) is 0 Å². The lowest BCUT2D eigenvalue weighted by Crippen LogP contribution is -2.02. The first-order valence-electron chi connectivity index (χ1n) is 3.79. The van der Waals surface area contributed by atoms with E-state index in [0.29, 0.717) is 6.54 Å². The van der Waals surface area contributed by atoms with Crippen molar-refractivity contribution >= 4 is 0 Å².